The number of carboxylic acids is 1. The van der Waals surface area contributed by atoms with E-state index in [4.69, 9.17) is 0 Å². The standard InChI is InChI=1S/C32H27F2NO3S.Na/c1-31(2,38)30-24(7-4-8-28(30)39-19-32(13-14-32)18-29(36)37)21-6-3-5-20(15-21)9-11-23-12-10-22-16-25(33)26(34)17-27(22)35-23;/h3-8,10,12,15-17,38H,13-14,18-19H2,1-2H3,(H,36,37);/q;+1/p-1. The Bertz CT molecular complexity index is 1650. The van der Waals surface area contributed by atoms with Gasteiger partial charge in [-0.15, -0.1) is 11.8 Å². The van der Waals surface area contributed by atoms with Crippen LogP contribution in [0.5, 0.6) is 0 Å². The van der Waals surface area contributed by atoms with Crippen LogP contribution in [-0.4, -0.2) is 21.8 Å². The number of hydrogen-bond donors (Lipinski definition) is 1. The molecule has 198 valence electrons. The third-order valence-corrected chi connectivity index (χ3v) is 8.30. The van der Waals surface area contributed by atoms with Gasteiger partial charge in [-0.05, 0) is 92.0 Å². The van der Waals surface area contributed by atoms with Crippen LogP contribution in [0.2, 0.25) is 0 Å². The summed E-state index contributed by atoms with van der Waals surface area (Å²) in [5, 5.41) is 22.8. The maximum absolute atomic E-state index is 13.6. The Balaban J connectivity index is 0.00000370. The van der Waals surface area contributed by atoms with Gasteiger partial charge in [-0.1, -0.05) is 30.2 Å². The second-order valence-electron chi connectivity index (χ2n) is 10.6. The van der Waals surface area contributed by atoms with Crippen molar-refractivity contribution >= 4 is 28.6 Å². The van der Waals surface area contributed by atoms with Crippen molar-refractivity contribution in [3.63, 3.8) is 0 Å². The molecule has 0 unspecified atom stereocenters. The van der Waals surface area contributed by atoms with Crippen LogP contribution in [0.25, 0.3) is 22.0 Å². The van der Waals surface area contributed by atoms with E-state index in [1.165, 1.54) is 0 Å². The summed E-state index contributed by atoms with van der Waals surface area (Å²) in [5.41, 5.74) is 2.62. The predicted octanol–water partition coefficient (Wildman–Crippen LogP) is 2.82. The molecule has 0 aliphatic heterocycles. The molecular formula is C32H26F2NNaO3S. The van der Waals surface area contributed by atoms with Gasteiger partial charge in [-0.3, -0.25) is 0 Å². The molecule has 1 aliphatic carbocycles. The minimum atomic E-state index is -1.14. The van der Waals surface area contributed by atoms with Gasteiger partial charge in [-0.2, -0.15) is 0 Å². The van der Waals surface area contributed by atoms with Crippen molar-refractivity contribution in [2.75, 3.05) is 5.75 Å². The number of aromatic nitrogens is 1. The van der Waals surface area contributed by atoms with Crippen LogP contribution < -0.4 is 34.7 Å². The predicted molar refractivity (Wildman–Crippen MR) is 147 cm³/mol. The van der Waals surface area contributed by atoms with Crippen LogP contribution in [0.4, 0.5) is 8.78 Å². The fraction of sp³-hybridized carbons (Fsp3) is 0.250. The third kappa shape index (κ3) is 6.94. The minimum Gasteiger partial charge on any atom is -0.550 e. The minimum absolute atomic E-state index is 0. The topological polar surface area (TPSA) is 73.2 Å². The molecule has 1 aromatic heterocycles. The van der Waals surface area contributed by atoms with Crippen molar-refractivity contribution < 1.29 is 53.3 Å². The molecule has 1 N–H and O–H groups in total. The fourth-order valence-corrected chi connectivity index (χ4v) is 6.23. The molecule has 5 rings (SSSR count). The van der Waals surface area contributed by atoms with E-state index in [-0.39, 0.29) is 41.4 Å². The number of nitrogens with zero attached hydrogens (tertiary/aromatic N) is 1. The summed E-state index contributed by atoms with van der Waals surface area (Å²) in [6, 6.07) is 19.0. The zero-order valence-corrected chi connectivity index (χ0v) is 25.4. The molecule has 1 aliphatic rings. The average molecular weight is 566 g/mol. The Labute approximate surface area is 258 Å². The van der Waals surface area contributed by atoms with E-state index >= 15 is 0 Å². The van der Waals surface area contributed by atoms with Crippen molar-refractivity contribution in [2.24, 2.45) is 5.41 Å². The van der Waals surface area contributed by atoms with E-state index in [1.807, 2.05) is 42.5 Å². The van der Waals surface area contributed by atoms with Gasteiger partial charge in [0, 0.05) is 39.2 Å². The first-order valence-electron chi connectivity index (χ1n) is 12.6. The summed E-state index contributed by atoms with van der Waals surface area (Å²) in [5.74, 6) is 3.84. The van der Waals surface area contributed by atoms with Gasteiger partial charge in [0.25, 0.3) is 0 Å². The molecule has 0 radical (unpaired) electrons. The van der Waals surface area contributed by atoms with Crippen LogP contribution in [0.15, 0.2) is 71.6 Å². The fourth-order valence-electron chi connectivity index (χ4n) is 4.70. The number of halogens is 2. The monoisotopic (exact) mass is 565 g/mol. The largest absolute Gasteiger partial charge is 1.00 e. The summed E-state index contributed by atoms with van der Waals surface area (Å²) in [4.78, 5) is 16.4. The number of aliphatic hydroxyl groups is 1. The third-order valence-electron chi connectivity index (χ3n) is 6.89. The number of hydrogen-bond acceptors (Lipinski definition) is 5. The van der Waals surface area contributed by atoms with Gasteiger partial charge in [-0.25, -0.2) is 13.8 Å². The van der Waals surface area contributed by atoms with E-state index in [2.05, 4.69) is 16.8 Å². The van der Waals surface area contributed by atoms with Crippen LogP contribution in [0.1, 0.15) is 49.9 Å². The first kappa shape index (κ1) is 30.2. The zero-order chi connectivity index (χ0) is 27.8. The molecule has 1 fully saturated rings. The van der Waals surface area contributed by atoms with Gasteiger partial charge >= 0.3 is 29.6 Å². The van der Waals surface area contributed by atoms with Crippen molar-refractivity contribution in [1.29, 1.82) is 0 Å². The molecule has 0 saturated heterocycles. The number of carbonyl (C=O) groups is 1. The Morgan fingerprint density at radius 3 is 2.48 bits per heavy atom. The number of aliphatic carboxylic acids is 1. The maximum atomic E-state index is 13.6. The SMILES string of the molecule is CC(C)(O)c1c(SCC2(CC(=O)[O-])CC2)cccc1-c1cccc(C#Cc2ccc3cc(F)c(F)cc3n2)c1.[Na+]. The molecule has 0 amide bonds. The van der Waals surface area contributed by atoms with Crippen LogP contribution in [0.3, 0.4) is 0 Å². The van der Waals surface area contributed by atoms with Crippen molar-refractivity contribution in [2.45, 2.75) is 43.6 Å². The van der Waals surface area contributed by atoms with E-state index in [0.717, 1.165) is 52.1 Å². The van der Waals surface area contributed by atoms with E-state index < -0.39 is 23.2 Å². The van der Waals surface area contributed by atoms with Gasteiger partial charge in [0.05, 0.1) is 11.1 Å². The summed E-state index contributed by atoms with van der Waals surface area (Å²) in [7, 11) is 0. The second kappa shape index (κ2) is 12.0. The van der Waals surface area contributed by atoms with Crippen molar-refractivity contribution in [3.8, 4) is 23.0 Å². The van der Waals surface area contributed by atoms with Gasteiger partial charge < -0.3 is 15.0 Å². The normalized spacial score (nSPS) is 13.7. The molecule has 4 nitrogen and oxygen atoms in total. The van der Waals surface area contributed by atoms with Gasteiger partial charge in [0.15, 0.2) is 11.6 Å². The molecule has 8 heteroatoms. The molecule has 1 saturated carbocycles. The molecule has 0 atom stereocenters. The van der Waals surface area contributed by atoms with Crippen molar-refractivity contribution in [3.05, 3.63) is 95.2 Å². The van der Waals surface area contributed by atoms with Crippen LogP contribution in [-0.2, 0) is 10.4 Å². The Hall–Kier alpha value is -2.73. The van der Waals surface area contributed by atoms with Gasteiger partial charge in [0.1, 0.15) is 5.69 Å². The number of rotatable bonds is 7. The second-order valence-corrected chi connectivity index (χ2v) is 11.6. The molecule has 40 heavy (non-hydrogen) atoms. The molecule has 1 heterocycles. The summed E-state index contributed by atoms with van der Waals surface area (Å²) >= 11 is 1.57. The van der Waals surface area contributed by atoms with E-state index in [0.29, 0.717) is 22.3 Å². The molecule has 0 spiro atoms. The molecule has 0 bridgehead atoms. The summed E-state index contributed by atoms with van der Waals surface area (Å²) in [6.07, 6.45) is 1.78. The quantitative estimate of drug-likeness (QED) is 0.212. The Morgan fingerprint density at radius 1 is 1.05 bits per heavy atom. The van der Waals surface area contributed by atoms with Gasteiger partial charge in [0.2, 0.25) is 0 Å². The number of carboxylic acid groups (broad SMARTS) is 1. The number of carbonyl (C=O) groups excluding carboxylic acids is 1. The van der Waals surface area contributed by atoms with Crippen LogP contribution >= 0.6 is 11.8 Å². The van der Waals surface area contributed by atoms with Crippen LogP contribution in [0, 0.1) is 28.9 Å². The summed E-state index contributed by atoms with van der Waals surface area (Å²) in [6.45, 7) is 3.49. The van der Waals surface area contributed by atoms with Crippen molar-refractivity contribution in [1.82, 2.24) is 4.98 Å². The maximum Gasteiger partial charge on any atom is 1.00 e. The molecular weight excluding hydrogens is 539 g/mol. The Morgan fingerprint density at radius 2 is 1.77 bits per heavy atom. The number of fused-ring (bicyclic) bond motifs is 1. The smallest absolute Gasteiger partial charge is 0.550 e. The first-order chi connectivity index (χ1) is 18.5. The number of benzene rings is 3. The number of thioether (sulfide) groups is 1. The number of pyridine rings is 1. The molecule has 4 aromatic rings. The average Bonchev–Trinajstić information content (AvgIpc) is 3.65. The van der Waals surface area contributed by atoms with E-state index in [1.54, 1.807) is 37.7 Å². The van der Waals surface area contributed by atoms with E-state index in [9.17, 15) is 23.8 Å². The zero-order valence-electron chi connectivity index (χ0n) is 22.6. The molecule has 3 aromatic carbocycles. The Kier molecular flexibility index (Phi) is 9.08. The first-order valence-corrected chi connectivity index (χ1v) is 13.6. The summed E-state index contributed by atoms with van der Waals surface area (Å²) < 4.78 is 27.1.